The Morgan fingerprint density at radius 3 is 2.55 bits per heavy atom. The van der Waals surface area contributed by atoms with Crippen LogP contribution in [0.15, 0.2) is 35.2 Å². The van der Waals surface area contributed by atoms with E-state index >= 15 is 0 Å². The van der Waals surface area contributed by atoms with Crippen molar-refractivity contribution < 1.29 is 27.2 Å². The highest BCUT2D eigenvalue weighted by Crippen LogP contribution is 2.28. The van der Waals surface area contributed by atoms with E-state index in [9.17, 15) is 18.0 Å². The smallest absolute Gasteiger partial charge is 0.444 e. The fourth-order valence-corrected chi connectivity index (χ4v) is 2.18. The minimum Gasteiger partial charge on any atom is -0.444 e. The lowest BCUT2D eigenvalue weighted by atomic mass is 10.2. The summed E-state index contributed by atoms with van der Waals surface area (Å²) in [6.45, 7) is -0.0186. The van der Waals surface area contributed by atoms with E-state index < -0.39 is 24.0 Å². The summed E-state index contributed by atoms with van der Waals surface area (Å²) in [5.41, 5.74) is 0.870. The van der Waals surface area contributed by atoms with E-state index in [1.54, 1.807) is 23.2 Å². The molecule has 3 rings (SSSR count). The standard InChI is InChI=1S/C16H14F3N7O3/c1-26(2)13-9(4-3-5-20-13)8-28-15(27)23-10-6-21-11(22-7-10)12-24-14(29-25-12)16(17,18)19/h3-7H,8H2,1-2H3,(H,23,27). The number of rotatable bonds is 5. The monoisotopic (exact) mass is 409 g/mol. The van der Waals surface area contributed by atoms with Crippen molar-refractivity contribution in [1.82, 2.24) is 25.1 Å². The molecular formula is C16H14F3N7O3. The van der Waals surface area contributed by atoms with Crippen molar-refractivity contribution in [2.24, 2.45) is 0 Å². The van der Waals surface area contributed by atoms with Crippen LogP contribution in [0.3, 0.4) is 0 Å². The Morgan fingerprint density at radius 2 is 1.93 bits per heavy atom. The number of amides is 1. The fourth-order valence-electron chi connectivity index (χ4n) is 2.18. The molecule has 0 aromatic carbocycles. The lowest BCUT2D eigenvalue weighted by molar-refractivity contribution is -0.159. The third-order valence-corrected chi connectivity index (χ3v) is 3.42. The van der Waals surface area contributed by atoms with Crippen LogP contribution in [0.4, 0.5) is 29.5 Å². The van der Waals surface area contributed by atoms with Gasteiger partial charge in [0.25, 0.3) is 0 Å². The molecule has 10 nitrogen and oxygen atoms in total. The summed E-state index contributed by atoms with van der Waals surface area (Å²) in [5, 5.41) is 5.58. The second-order valence-electron chi connectivity index (χ2n) is 5.80. The molecular weight excluding hydrogens is 395 g/mol. The van der Waals surface area contributed by atoms with Crippen molar-refractivity contribution in [2.45, 2.75) is 12.8 Å². The average molecular weight is 409 g/mol. The molecule has 1 N–H and O–H groups in total. The first-order valence-electron chi connectivity index (χ1n) is 8.02. The maximum absolute atomic E-state index is 12.5. The van der Waals surface area contributed by atoms with E-state index in [2.05, 4.69) is 34.9 Å². The van der Waals surface area contributed by atoms with Gasteiger partial charge in [0.2, 0.25) is 11.6 Å². The number of alkyl halides is 3. The van der Waals surface area contributed by atoms with Gasteiger partial charge in [-0.05, 0) is 6.07 Å². The number of carbonyl (C=O) groups excluding carboxylic acids is 1. The Bertz CT molecular complexity index is 990. The van der Waals surface area contributed by atoms with Crippen molar-refractivity contribution in [1.29, 1.82) is 0 Å². The van der Waals surface area contributed by atoms with E-state index in [0.717, 1.165) is 0 Å². The largest absolute Gasteiger partial charge is 0.471 e. The number of aromatic nitrogens is 5. The van der Waals surface area contributed by atoms with Crippen LogP contribution < -0.4 is 10.2 Å². The highest BCUT2D eigenvalue weighted by molar-refractivity contribution is 5.84. The molecule has 0 bridgehead atoms. The van der Waals surface area contributed by atoms with Gasteiger partial charge < -0.3 is 14.2 Å². The predicted molar refractivity (Wildman–Crippen MR) is 92.7 cm³/mol. The van der Waals surface area contributed by atoms with E-state index in [-0.39, 0.29) is 18.1 Å². The van der Waals surface area contributed by atoms with Crippen molar-refractivity contribution >= 4 is 17.6 Å². The molecule has 1 amide bonds. The van der Waals surface area contributed by atoms with E-state index in [1.807, 2.05) is 14.1 Å². The zero-order valence-corrected chi connectivity index (χ0v) is 15.1. The number of ether oxygens (including phenoxy) is 1. The van der Waals surface area contributed by atoms with Gasteiger partial charge in [0.15, 0.2) is 0 Å². The molecule has 0 unspecified atom stereocenters. The molecule has 13 heteroatoms. The van der Waals surface area contributed by atoms with Crippen molar-refractivity contribution in [3.05, 3.63) is 42.2 Å². The number of hydrogen-bond acceptors (Lipinski definition) is 9. The van der Waals surface area contributed by atoms with Gasteiger partial charge in [0, 0.05) is 25.9 Å². The second-order valence-corrected chi connectivity index (χ2v) is 5.80. The van der Waals surface area contributed by atoms with E-state index in [0.29, 0.717) is 11.4 Å². The van der Waals surface area contributed by atoms with Gasteiger partial charge in [-0.3, -0.25) is 5.32 Å². The molecule has 0 aliphatic carbocycles. The number of anilines is 2. The molecule has 0 spiro atoms. The second kappa shape index (κ2) is 8.08. The fraction of sp³-hybridized carbons (Fsp3) is 0.250. The zero-order valence-electron chi connectivity index (χ0n) is 15.1. The summed E-state index contributed by atoms with van der Waals surface area (Å²) in [4.78, 5) is 28.7. The number of pyridine rings is 1. The first kappa shape index (κ1) is 20.0. The van der Waals surface area contributed by atoms with E-state index in [4.69, 9.17) is 4.74 Å². The molecule has 29 heavy (non-hydrogen) atoms. The zero-order chi connectivity index (χ0) is 21.0. The Balaban J connectivity index is 1.60. The lowest BCUT2D eigenvalue weighted by Gasteiger charge is -2.15. The van der Waals surface area contributed by atoms with Crippen LogP contribution in [0.25, 0.3) is 11.6 Å². The molecule has 0 aliphatic rings. The minimum atomic E-state index is -4.77. The number of hydrogen-bond donors (Lipinski definition) is 1. The highest BCUT2D eigenvalue weighted by atomic mass is 19.4. The van der Waals surface area contributed by atoms with Gasteiger partial charge >= 0.3 is 18.2 Å². The number of nitrogens with one attached hydrogen (secondary N) is 1. The molecule has 0 atom stereocenters. The van der Waals surface area contributed by atoms with Gasteiger partial charge in [-0.1, -0.05) is 11.2 Å². The normalized spacial score (nSPS) is 11.2. The van der Waals surface area contributed by atoms with Gasteiger partial charge in [-0.25, -0.2) is 19.7 Å². The topological polar surface area (TPSA) is 119 Å². The summed E-state index contributed by atoms with van der Waals surface area (Å²) in [6.07, 6.45) is -1.57. The number of nitrogens with zero attached hydrogens (tertiary/aromatic N) is 6. The third-order valence-electron chi connectivity index (χ3n) is 3.42. The average Bonchev–Trinajstić information content (AvgIpc) is 3.18. The van der Waals surface area contributed by atoms with Crippen molar-refractivity contribution in [3.63, 3.8) is 0 Å². The first-order valence-corrected chi connectivity index (χ1v) is 8.02. The summed E-state index contributed by atoms with van der Waals surface area (Å²) in [7, 11) is 3.62. The van der Waals surface area contributed by atoms with E-state index in [1.165, 1.54) is 12.4 Å². The van der Waals surface area contributed by atoms with Crippen LogP contribution in [-0.2, 0) is 17.5 Å². The molecule has 0 radical (unpaired) electrons. The van der Waals surface area contributed by atoms with Crippen LogP contribution in [0.5, 0.6) is 0 Å². The molecule has 152 valence electrons. The highest BCUT2D eigenvalue weighted by Gasteiger charge is 2.38. The molecule has 0 fully saturated rings. The van der Waals surface area contributed by atoms with Gasteiger partial charge in [0.1, 0.15) is 12.4 Å². The lowest BCUT2D eigenvalue weighted by Crippen LogP contribution is -2.17. The maximum Gasteiger partial charge on any atom is 0.471 e. The molecule has 3 heterocycles. The van der Waals surface area contributed by atoms with Gasteiger partial charge in [-0.2, -0.15) is 18.2 Å². The van der Waals surface area contributed by atoms with Crippen LogP contribution in [0, 0.1) is 0 Å². The molecule has 0 saturated carbocycles. The first-order chi connectivity index (χ1) is 13.7. The number of carbonyl (C=O) groups is 1. The summed E-state index contributed by atoms with van der Waals surface area (Å²) in [6, 6.07) is 3.49. The Labute approximate surface area is 161 Å². The quantitative estimate of drug-likeness (QED) is 0.678. The minimum absolute atomic E-state index is 0.0186. The predicted octanol–water partition coefficient (Wildman–Crippen LogP) is 2.76. The SMILES string of the molecule is CN(C)c1ncccc1COC(=O)Nc1cnc(-c2noc(C(F)(F)F)n2)nc1. The van der Waals surface area contributed by atoms with Crippen LogP contribution in [-0.4, -0.2) is 45.3 Å². The van der Waals surface area contributed by atoms with Gasteiger partial charge in [-0.15, -0.1) is 0 Å². The molecule has 0 aliphatic heterocycles. The Hall–Kier alpha value is -3.77. The van der Waals surface area contributed by atoms with Crippen molar-refractivity contribution in [2.75, 3.05) is 24.3 Å². The van der Waals surface area contributed by atoms with Crippen LogP contribution in [0.2, 0.25) is 0 Å². The Kier molecular flexibility index (Phi) is 5.57. The Morgan fingerprint density at radius 1 is 1.21 bits per heavy atom. The third kappa shape index (κ3) is 4.94. The van der Waals surface area contributed by atoms with Gasteiger partial charge in [0.05, 0.1) is 18.1 Å². The molecule has 3 aromatic heterocycles. The van der Waals surface area contributed by atoms with Crippen LogP contribution >= 0.6 is 0 Å². The summed E-state index contributed by atoms with van der Waals surface area (Å²) >= 11 is 0. The molecule has 3 aromatic rings. The number of halogens is 3. The molecule has 0 saturated heterocycles. The van der Waals surface area contributed by atoms with Crippen LogP contribution in [0.1, 0.15) is 11.5 Å². The summed E-state index contributed by atoms with van der Waals surface area (Å²) in [5.74, 6) is -1.48. The maximum atomic E-state index is 12.5. The summed E-state index contributed by atoms with van der Waals surface area (Å²) < 4.78 is 46.7. The van der Waals surface area contributed by atoms with Crippen molar-refractivity contribution in [3.8, 4) is 11.6 Å².